The summed E-state index contributed by atoms with van der Waals surface area (Å²) in [5.41, 5.74) is 2.59. The highest BCUT2D eigenvalue weighted by atomic mass is 16.3. The SMILES string of the molecule is CC.Cc1ccccc1CNC(C)CO. The van der Waals surface area contributed by atoms with Crippen LogP contribution in [0.3, 0.4) is 0 Å². The third-order valence-corrected chi connectivity index (χ3v) is 2.18. The summed E-state index contributed by atoms with van der Waals surface area (Å²) in [6, 6.07) is 8.44. The molecule has 0 fully saturated rings. The average molecular weight is 209 g/mol. The molecule has 0 aromatic heterocycles. The Kier molecular flexibility index (Phi) is 7.96. The summed E-state index contributed by atoms with van der Waals surface area (Å²) in [5.74, 6) is 0. The third kappa shape index (κ3) is 5.55. The summed E-state index contributed by atoms with van der Waals surface area (Å²) in [4.78, 5) is 0. The molecule has 1 atom stereocenters. The summed E-state index contributed by atoms with van der Waals surface area (Å²) in [5, 5.41) is 12.1. The molecule has 0 amide bonds. The van der Waals surface area contributed by atoms with Gasteiger partial charge in [-0.25, -0.2) is 0 Å². The highest BCUT2D eigenvalue weighted by Crippen LogP contribution is 2.06. The van der Waals surface area contributed by atoms with Crippen LogP contribution in [0.5, 0.6) is 0 Å². The Morgan fingerprint density at radius 2 is 1.87 bits per heavy atom. The topological polar surface area (TPSA) is 32.3 Å². The molecule has 0 radical (unpaired) electrons. The van der Waals surface area contributed by atoms with Gasteiger partial charge < -0.3 is 10.4 Å². The second kappa shape index (κ2) is 8.45. The third-order valence-electron chi connectivity index (χ3n) is 2.18. The Morgan fingerprint density at radius 1 is 1.27 bits per heavy atom. The van der Waals surface area contributed by atoms with Gasteiger partial charge in [0, 0.05) is 12.6 Å². The van der Waals surface area contributed by atoms with Crippen LogP contribution in [-0.4, -0.2) is 17.8 Å². The minimum Gasteiger partial charge on any atom is -0.395 e. The number of benzene rings is 1. The normalized spacial score (nSPS) is 11.5. The second-order valence-electron chi connectivity index (χ2n) is 3.39. The van der Waals surface area contributed by atoms with E-state index in [1.54, 1.807) is 0 Å². The van der Waals surface area contributed by atoms with E-state index < -0.39 is 0 Å². The second-order valence-corrected chi connectivity index (χ2v) is 3.39. The highest BCUT2D eigenvalue weighted by Gasteiger charge is 2.00. The average Bonchev–Trinajstić information content (AvgIpc) is 2.30. The zero-order chi connectivity index (χ0) is 11.7. The molecule has 1 rings (SSSR count). The van der Waals surface area contributed by atoms with Gasteiger partial charge in [-0.1, -0.05) is 38.1 Å². The monoisotopic (exact) mass is 209 g/mol. The van der Waals surface area contributed by atoms with Gasteiger partial charge in [0.25, 0.3) is 0 Å². The van der Waals surface area contributed by atoms with E-state index in [1.807, 2.05) is 32.9 Å². The zero-order valence-electron chi connectivity index (χ0n) is 10.2. The van der Waals surface area contributed by atoms with E-state index >= 15 is 0 Å². The smallest absolute Gasteiger partial charge is 0.0582 e. The molecular weight excluding hydrogens is 186 g/mol. The van der Waals surface area contributed by atoms with Crippen molar-refractivity contribution in [2.45, 2.75) is 40.3 Å². The quantitative estimate of drug-likeness (QED) is 0.798. The van der Waals surface area contributed by atoms with Crippen molar-refractivity contribution >= 4 is 0 Å². The van der Waals surface area contributed by atoms with E-state index in [0.29, 0.717) is 0 Å². The molecule has 0 spiro atoms. The molecular formula is C13H23NO. The Labute approximate surface area is 93.3 Å². The van der Waals surface area contributed by atoms with Crippen molar-refractivity contribution < 1.29 is 5.11 Å². The van der Waals surface area contributed by atoms with Crippen LogP contribution < -0.4 is 5.32 Å². The minimum absolute atomic E-state index is 0.166. The van der Waals surface area contributed by atoms with Gasteiger partial charge in [-0.15, -0.1) is 0 Å². The number of hydrogen-bond acceptors (Lipinski definition) is 2. The molecule has 0 bridgehead atoms. The van der Waals surface area contributed by atoms with Crippen LogP contribution in [0.1, 0.15) is 31.9 Å². The molecule has 0 heterocycles. The molecule has 0 aliphatic carbocycles. The van der Waals surface area contributed by atoms with E-state index in [9.17, 15) is 0 Å². The largest absolute Gasteiger partial charge is 0.395 e. The number of aryl methyl sites for hydroxylation is 1. The van der Waals surface area contributed by atoms with E-state index in [0.717, 1.165) is 6.54 Å². The molecule has 0 aliphatic heterocycles. The number of rotatable bonds is 4. The molecule has 2 N–H and O–H groups in total. The van der Waals surface area contributed by atoms with Gasteiger partial charge in [0.1, 0.15) is 0 Å². The number of nitrogens with one attached hydrogen (secondary N) is 1. The summed E-state index contributed by atoms with van der Waals surface area (Å²) >= 11 is 0. The lowest BCUT2D eigenvalue weighted by Gasteiger charge is -2.11. The predicted molar refractivity (Wildman–Crippen MR) is 65.9 cm³/mol. The van der Waals surface area contributed by atoms with Gasteiger partial charge in [0.15, 0.2) is 0 Å². The number of aliphatic hydroxyl groups excluding tert-OH is 1. The Morgan fingerprint density at radius 3 is 2.40 bits per heavy atom. The lowest BCUT2D eigenvalue weighted by atomic mass is 10.1. The van der Waals surface area contributed by atoms with Crippen LogP contribution in [0.2, 0.25) is 0 Å². The molecule has 2 heteroatoms. The van der Waals surface area contributed by atoms with Gasteiger partial charge in [-0.3, -0.25) is 0 Å². The molecule has 86 valence electrons. The molecule has 0 saturated heterocycles. The minimum atomic E-state index is 0.166. The lowest BCUT2D eigenvalue weighted by molar-refractivity contribution is 0.251. The van der Waals surface area contributed by atoms with Crippen molar-refractivity contribution in [1.82, 2.24) is 5.32 Å². The fourth-order valence-corrected chi connectivity index (χ4v) is 1.16. The van der Waals surface area contributed by atoms with Crippen molar-refractivity contribution in [3.05, 3.63) is 35.4 Å². The molecule has 1 aromatic carbocycles. The van der Waals surface area contributed by atoms with Crippen LogP contribution in [-0.2, 0) is 6.54 Å². The summed E-state index contributed by atoms with van der Waals surface area (Å²) in [6.45, 7) is 9.08. The first-order chi connectivity index (χ1) is 7.24. The molecule has 1 aromatic rings. The number of hydrogen-bond donors (Lipinski definition) is 2. The fraction of sp³-hybridized carbons (Fsp3) is 0.538. The van der Waals surface area contributed by atoms with Gasteiger partial charge in [-0.05, 0) is 25.0 Å². The Hall–Kier alpha value is -0.860. The summed E-state index contributed by atoms with van der Waals surface area (Å²) in [7, 11) is 0. The van der Waals surface area contributed by atoms with Gasteiger partial charge >= 0.3 is 0 Å². The van der Waals surface area contributed by atoms with Crippen LogP contribution in [0.25, 0.3) is 0 Å². The standard InChI is InChI=1S/C11H17NO.C2H6/c1-9-5-3-4-6-11(9)7-12-10(2)8-13;1-2/h3-6,10,12-13H,7-8H2,1-2H3;1-2H3. The van der Waals surface area contributed by atoms with Crippen LogP contribution in [0.4, 0.5) is 0 Å². The Balaban J connectivity index is 0.000000921. The van der Waals surface area contributed by atoms with E-state index in [2.05, 4.69) is 24.4 Å². The zero-order valence-corrected chi connectivity index (χ0v) is 10.2. The van der Waals surface area contributed by atoms with Crippen LogP contribution >= 0.6 is 0 Å². The predicted octanol–water partition coefficient (Wildman–Crippen LogP) is 2.49. The molecule has 1 unspecified atom stereocenters. The maximum absolute atomic E-state index is 8.82. The molecule has 0 saturated carbocycles. The summed E-state index contributed by atoms with van der Waals surface area (Å²) < 4.78 is 0. The fourth-order valence-electron chi connectivity index (χ4n) is 1.16. The van der Waals surface area contributed by atoms with Crippen molar-refractivity contribution in [2.24, 2.45) is 0 Å². The van der Waals surface area contributed by atoms with Gasteiger partial charge in [-0.2, -0.15) is 0 Å². The molecule has 0 aliphatic rings. The van der Waals surface area contributed by atoms with Crippen molar-refractivity contribution in [3.8, 4) is 0 Å². The summed E-state index contributed by atoms with van der Waals surface area (Å²) in [6.07, 6.45) is 0. The first-order valence-electron chi connectivity index (χ1n) is 5.62. The van der Waals surface area contributed by atoms with Gasteiger partial charge in [0.2, 0.25) is 0 Å². The van der Waals surface area contributed by atoms with Crippen molar-refractivity contribution in [1.29, 1.82) is 0 Å². The Bertz CT molecular complexity index is 260. The first-order valence-corrected chi connectivity index (χ1v) is 5.62. The van der Waals surface area contributed by atoms with Crippen LogP contribution in [0.15, 0.2) is 24.3 Å². The van der Waals surface area contributed by atoms with Gasteiger partial charge in [0.05, 0.1) is 6.61 Å². The van der Waals surface area contributed by atoms with E-state index in [1.165, 1.54) is 11.1 Å². The van der Waals surface area contributed by atoms with Crippen LogP contribution in [0, 0.1) is 6.92 Å². The van der Waals surface area contributed by atoms with Crippen molar-refractivity contribution in [2.75, 3.05) is 6.61 Å². The molecule has 15 heavy (non-hydrogen) atoms. The van der Waals surface area contributed by atoms with E-state index in [4.69, 9.17) is 5.11 Å². The highest BCUT2D eigenvalue weighted by molar-refractivity contribution is 5.25. The van der Waals surface area contributed by atoms with Crippen molar-refractivity contribution in [3.63, 3.8) is 0 Å². The maximum atomic E-state index is 8.82. The first kappa shape index (κ1) is 14.1. The lowest BCUT2D eigenvalue weighted by Crippen LogP contribution is -2.28. The van der Waals surface area contributed by atoms with E-state index in [-0.39, 0.29) is 12.6 Å². The molecule has 2 nitrogen and oxygen atoms in total. The number of aliphatic hydroxyl groups is 1. The maximum Gasteiger partial charge on any atom is 0.0582 e.